The Morgan fingerprint density at radius 2 is 2.03 bits per heavy atom. The van der Waals surface area contributed by atoms with Gasteiger partial charge in [0.2, 0.25) is 0 Å². The Balaban J connectivity index is 1.40. The van der Waals surface area contributed by atoms with E-state index in [4.69, 9.17) is 5.26 Å². The zero-order chi connectivity index (χ0) is 21.3. The predicted molar refractivity (Wildman–Crippen MR) is 110 cm³/mol. The molecule has 0 spiro atoms. The van der Waals surface area contributed by atoms with Gasteiger partial charge in [-0.15, -0.1) is 0 Å². The molecular weight excluding hydrogens is 384 g/mol. The molecule has 4 rings (SSSR count). The highest BCUT2D eigenvalue weighted by molar-refractivity contribution is 5.93. The van der Waals surface area contributed by atoms with Gasteiger partial charge in [-0.05, 0) is 26.0 Å². The monoisotopic (exact) mass is 406 g/mol. The summed E-state index contributed by atoms with van der Waals surface area (Å²) in [6.07, 6.45) is 3.36. The van der Waals surface area contributed by atoms with E-state index in [1.807, 2.05) is 19.1 Å². The molecule has 0 unspecified atom stereocenters. The lowest BCUT2D eigenvalue weighted by molar-refractivity contribution is 0.0968. The minimum absolute atomic E-state index is 0.0948. The van der Waals surface area contributed by atoms with Gasteiger partial charge in [0.1, 0.15) is 11.3 Å². The lowest BCUT2D eigenvalue weighted by Gasteiger charge is -2.36. The third-order valence-electron chi connectivity index (χ3n) is 5.26. The zero-order valence-corrected chi connectivity index (χ0v) is 16.8. The number of nitrogens with zero attached hydrogens (tertiary/aromatic N) is 6. The average molecular weight is 406 g/mol. The quantitative estimate of drug-likeness (QED) is 0.480. The van der Waals surface area contributed by atoms with Gasteiger partial charge in [0, 0.05) is 50.6 Å². The highest BCUT2D eigenvalue weighted by atomic mass is 16.1. The molecule has 30 heavy (non-hydrogen) atoms. The molecule has 3 aromatic heterocycles. The maximum absolute atomic E-state index is 11.8. The molecular formula is C20H22N8O2. The van der Waals surface area contributed by atoms with E-state index < -0.39 is 5.91 Å². The summed E-state index contributed by atoms with van der Waals surface area (Å²) in [5, 5.41) is 15.2. The van der Waals surface area contributed by atoms with E-state index in [1.54, 1.807) is 29.9 Å². The molecule has 0 radical (unpaired) electrons. The summed E-state index contributed by atoms with van der Waals surface area (Å²) in [5.41, 5.74) is 4.12. The van der Waals surface area contributed by atoms with Crippen molar-refractivity contribution in [3.8, 4) is 6.19 Å². The van der Waals surface area contributed by atoms with E-state index in [9.17, 15) is 9.59 Å². The number of amides is 1. The Labute approximate surface area is 172 Å². The lowest BCUT2D eigenvalue weighted by atomic mass is 10.2. The van der Waals surface area contributed by atoms with Crippen molar-refractivity contribution < 1.29 is 4.79 Å². The Hall–Kier alpha value is -3.71. The molecule has 1 aliphatic rings. The van der Waals surface area contributed by atoms with E-state index in [2.05, 4.69) is 30.2 Å². The van der Waals surface area contributed by atoms with Crippen molar-refractivity contribution in [3.05, 3.63) is 57.4 Å². The molecule has 154 valence electrons. The van der Waals surface area contributed by atoms with E-state index in [1.165, 1.54) is 0 Å². The molecule has 10 nitrogen and oxygen atoms in total. The predicted octanol–water partition coefficient (Wildman–Crippen LogP) is 0.568. The largest absolute Gasteiger partial charge is 0.368 e. The van der Waals surface area contributed by atoms with Gasteiger partial charge in [-0.3, -0.25) is 19.8 Å². The number of aromatic amines is 1. The van der Waals surface area contributed by atoms with Gasteiger partial charge in [-0.2, -0.15) is 10.4 Å². The molecule has 4 heterocycles. The molecule has 0 aromatic carbocycles. The van der Waals surface area contributed by atoms with Crippen LogP contribution < -0.4 is 15.8 Å². The Morgan fingerprint density at radius 1 is 1.27 bits per heavy atom. The van der Waals surface area contributed by atoms with Crippen LogP contribution in [0.3, 0.4) is 0 Å². The molecule has 0 saturated carbocycles. The molecule has 2 N–H and O–H groups in total. The first-order valence-corrected chi connectivity index (χ1v) is 9.67. The van der Waals surface area contributed by atoms with Gasteiger partial charge in [0.05, 0.1) is 17.1 Å². The number of pyridine rings is 1. The van der Waals surface area contributed by atoms with Crippen molar-refractivity contribution in [2.75, 3.05) is 31.1 Å². The number of carbonyl (C=O) groups excluding carboxylic acids is 1. The second-order valence-corrected chi connectivity index (χ2v) is 7.36. The molecule has 1 aliphatic heterocycles. The van der Waals surface area contributed by atoms with Crippen LogP contribution in [0.1, 0.15) is 27.4 Å². The van der Waals surface area contributed by atoms with Crippen LogP contribution in [0, 0.1) is 25.3 Å². The van der Waals surface area contributed by atoms with Crippen LogP contribution in [0.5, 0.6) is 0 Å². The Morgan fingerprint density at radius 3 is 2.73 bits per heavy atom. The maximum Gasteiger partial charge on any atom is 0.282 e. The Kier molecular flexibility index (Phi) is 5.20. The normalized spacial score (nSPS) is 14.6. The number of fused-ring (bicyclic) bond motifs is 1. The first-order chi connectivity index (χ1) is 14.4. The van der Waals surface area contributed by atoms with Crippen LogP contribution in [0.15, 0.2) is 29.2 Å². The molecule has 10 heteroatoms. The number of nitrogens with one attached hydrogen (secondary N) is 2. The van der Waals surface area contributed by atoms with E-state index >= 15 is 0 Å². The number of anilines is 1. The molecule has 1 amide bonds. The molecule has 1 fully saturated rings. The molecule has 3 aromatic rings. The highest BCUT2D eigenvalue weighted by Crippen LogP contribution is 2.21. The number of rotatable bonds is 4. The van der Waals surface area contributed by atoms with Crippen molar-refractivity contribution in [2.45, 2.75) is 20.4 Å². The van der Waals surface area contributed by atoms with Crippen LogP contribution >= 0.6 is 0 Å². The van der Waals surface area contributed by atoms with Gasteiger partial charge < -0.3 is 9.88 Å². The summed E-state index contributed by atoms with van der Waals surface area (Å²) in [4.78, 5) is 35.3. The number of carbonyl (C=O) groups is 1. The topological polar surface area (TPSA) is 122 Å². The number of hydrogen-bond donors (Lipinski definition) is 2. The third-order valence-corrected chi connectivity index (χ3v) is 5.26. The van der Waals surface area contributed by atoms with Crippen LogP contribution in [0.25, 0.3) is 5.65 Å². The number of hydrogen-bond acceptors (Lipinski definition) is 7. The first-order valence-electron chi connectivity index (χ1n) is 9.67. The highest BCUT2D eigenvalue weighted by Gasteiger charge is 2.21. The van der Waals surface area contributed by atoms with Crippen LogP contribution in [-0.4, -0.2) is 56.6 Å². The fourth-order valence-electron chi connectivity index (χ4n) is 3.68. The summed E-state index contributed by atoms with van der Waals surface area (Å²) in [7, 11) is 0. The minimum Gasteiger partial charge on any atom is -0.368 e. The fraction of sp³-hybridized carbons (Fsp3) is 0.350. The van der Waals surface area contributed by atoms with E-state index in [0.29, 0.717) is 17.8 Å². The molecule has 0 bridgehead atoms. The maximum atomic E-state index is 11.8. The summed E-state index contributed by atoms with van der Waals surface area (Å²) >= 11 is 0. The molecule has 0 atom stereocenters. The van der Waals surface area contributed by atoms with Crippen molar-refractivity contribution >= 4 is 17.2 Å². The van der Waals surface area contributed by atoms with Crippen molar-refractivity contribution in [1.29, 1.82) is 5.26 Å². The standard InChI is InChI=1S/C20H22N8O2/c1-13-10-28-18(24-19(13)29)9-15(25-28)11-26-5-7-27(8-6-26)17-4-3-16(23-14(17)2)20(30)22-12-21/h3-4,9-10H,5-8,11H2,1-2H3,(H,22,30)(H,24,29). The van der Waals surface area contributed by atoms with Crippen LogP contribution in [-0.2, 0) is 6.54 Å². The van der Waals surface area contributed by atoms with Crippen molar-refractivity contribution in [3.63, 3.8) is 0 Å². The van der Waals surface area contributed by atoms with Crippen molar-refractivity contribution in [2.24, 2.45) is 0 Å². The second-order valence-electron chi connectivity index (χ2n) is 7.36. The second kappa shape index (κ2) is 7.96. The summed E-state index contributed by atoms with van der Waals surface area (Å²) in [5.74, 6) is -0.499. The zero-order valence-electron chi connectivity index (χ0n) is 16.8. The minimum atomic E-state index is -0.499. The summed E-state index contributed by atoms with van der Waals surface area (Å²) in [6, 6.07) is 5.43. The average Bonchev–Trinajstić information content (AvgIpc) is 3.10. The summed E-state index contributed by atoms with van der Waals surface area (Å²) < 4.78 is 1.71. The third kappa shape index (κ3) is 3.88. The van der Waals surface area contributed by atoms with Gasteiger partial charge in [0.25, 0.3) is 11.5 Å². The molecule has 0 aliphatic carbocycles. The van der Waals surface area contributed by atoms with Gasteiger partial charge >= 0.3 is 0 Å². The number of nitriles is 1. The number of piperazine rings is 1. The molecule has 1 saturated heterocycles. The lowest BCUT2D eigenvalue weighted by Crippen LogP contribution is -2.46. The van der Waals surface area contributed by atoms with Gasteiger partial charge in [0.15, 0.2) is 6.19 Å². The van der Waals surface area contributed by atoms with Gasteiger partial charge in [-0.25, -0.2) is 9.50 Å². The van der Waals surface area contributed by atoms with E-state index in [-0.39, 0.29) is 11.3 Å². The van der Waals surface area contributed by atoms with Gasteiger partial charge in [-0.1, -0.05) is 0 Å². The Bertz CT molecular complexity index is 1200. The van der Waals surface area contributed by atoms with Crippen LogP contribution in [0.2, 0.25) is 0 Å². The first kappa shape index (κ1) is 19.6. The van der Waals surface area contributed by atoms with Crippen LogP contribution in [0.4, 0.5) is 5.69 Å². The smallest absolute Gasteiger partial charge is 0.282 e. The summed E-state index contributed by atoms with van der Waals surface area (Å²) in [6.45, 7) is 7.72. The van der Waals surface area contributed by atoms with E-state index in [0.717, 1.165) is 43.3 Å². The number of aromatic nitrogens is 4. The fourth-order valence-corrected chi connectivity index (χ4v) is 3.68. The van der Waals surface area contributed by atoms with Crippen molar-refractivity contribution in [1.82, 2.24) is 29.8 Å². The SMILES string of the molecule is Cc1nc(C(=O)NC#N)ccc1N1CCN(Cc2cc3[nH]c(=O)c(C)cn3n2)CC1. The number of aryl methyl sites for hydroxylation is 2. The number of H-pyrrole nitrogens is 1.